The van der Waals surface area contributed by atoms with Gasteiger partial charge in [-0.2, -0.15) is 5.10 Å². The molecule has 30 heavy (non-hydrogen) atoms. The highest BCUT2D eigenvalue weighted by molar-refractivity contribution is 6.30. The summed E-state index contributed by atoms with van der Waals surface area (Å²) in [6.45, 7) is 1.91. The highest BCUT2D eigenvalue weighted by atomic mass is 35.5. The molecule has 3 rings (SSSR count). The fourth-order valence-corrected chi connectivity index (χ4v) is 2.81. The lowest BCUT2D eigenvalue weighted by Crippen LogP contribution is -2.18. The van der Waals surface area contributed by atoms with Crippen molar-refractivity contribution in [3.05, 3.63) is 94.0 Å². The van der Waals surface area contributed by atoms with Gasteiger partial charge in [0.15, 0.2) is 0 Å². The Balaban J connectivity index is 1.59. The lowest BCUT2D eigenvalue weighted by molar-refractivity contribution is 0.0734. The molecular weight excluding hydrogens is 404 g/mol. The van der Waals surface area contributed by atoms with Crippen LogP contribution in [0.4, 0.5) is 0 Å². The van der Waals surface area contributed by atoms with Gasteiger partial charge in [-0.05, 0) is 72.6 Å². The van der Waals surface area contributed by atoms with Crippen molar-refractivity contribution in [2.75, 3.05) is 7.11 Å². The molecule has 0 saturated heterocycles. The number of halogens is 1. The molecule has 152 valence electrons. The lowest BCUT2D eigenvalue weighted by Gasteiger charge is -2.07. The van der Waals surface area contributed by atoms with Gasteiger partial charge in [-0.15, -0.1) is 0 Å². The molecule has 3 aromatic carbocycles. The second-order valence-electron chi connectivity index (χ2n) is 6.37. The molecule has 7 heteroatoms. The number of carbonyl (C=O) groups is 2. The zero-order valence-electron chi connectivity index (χ0n) is 16.4. The van der Waals surface area contributed by atoms with E-state index in [1.807, 2.05) is 13.0 Å². The van der Waals surface area contributed by atoms with Gasteiger partial charge in [0.2, 0.25) is 0 Å². The SMILES string of the molecule is COc1cc(C)ccc1C(=O)N/N=C\c1ccc(OC(=O)c2cccc(Cl)c2)cc1. The van der Waals surface area contributed by atoms with Crippen LogP contribution in [0.2, 0.25) is 5.02 Å². The summed E-state index contributed by atoms with van der Waals surface area (Å²) in [4.78, 5) is 24.4. The van der Waals surface area contributed by atoms with Crippen molar-refractivity contribution in [2.45, 2.75) is 6.92 Å². The zero-order valence-corrected chi connectivity index (χ0v) is 17.1. The molecule has 0 saturated carbocycles. The quantitative estimate of drug-likeness (QED) is 0.272. The smallest absolute Gasteiger partial charge is 0.343 e. The number of nitrogens with zero attached hydrogens (tertiary/aromatic N) is 1. The molecule has 0 fully saturated rings. The first-order valence-electron chi connectivity index (χ1n) is 9.02. The van der Waals surface area contributed by atoms with E-state index in [2.05, 4.69) is 10.5 Å². The van der Waals surface area contributed by atoms with Gasteiger partial charge in [-0.3, -0.25) is 4.79 Å². The number of benzene rings is 3. The minimum atomic E-state index is -0.502. The van der Waals surface area contributed by atoms with Gasteiger partial charge in [0.25, 0.3) is 5.91 Å². The van der Waals surface area contributed by atoms with Gasteiger partial charge in [0.05, 0.1) is 24.5 Å². The predicted molar refractivity (Wildman–Crippen MR) is 116 cm³/mol. The molecule has 0 bridgehead atoms. The maximum absolute atomic E-state index is 12.3. The first kappa shape index (κ1) is 21.1. The van der Waals surface area contributed by atoms with E-state index >= 15 is 0 Å². The predicted octanol–water partition coefficient (Wildman–Crippen LogP) is 4.64. The van der Waals surface area contributed by atoms with E-state index in [1.54, 1.807) is 54.6 Å². The summed E-state index contributed by atoms with van der Waals surface area (Å²) in [6.07, 6.45) is 1.49. The van der Waals surface area contributed by atoms with E-state index in [-0.39, 0.29) is 5.91 Å². The summed E-state index contributed by atoms with van der Waals surface area (Å²) in [7, 11) is 1.51. The molecule has 0 spiro atoms. The lowest BCUT2D eigenvalue weighted by atomic mass is 10.1. The minimum Gasteiger partial charge on any atom is -0.496 e. The summed E-state index contributed by atoms with van der Waals surface area (Å²) in [6, 6.07) is 18.5. The number of esters is 1. The highest BCUT2D eigenvalue weighted by Crippen LogP contribution is 2.20. The van der Waals surface area contributed by atoms with Crippen LogP contribution in [0, 0.1) is 6.92 Å². The number of amides is 1. The Morgan fingerprint density at radius 2 is 1.80 bits per heavy atom. The maximum Gasteiger partial charge on any atom is 0.343 e. The van der Waals surface area contributed by atoms with Crippen LogP contribution in [-0.4, -0.2) is 25.2 Å². The third-order valence-corrected chi connectivity index (χ3v) is 4.37. The Hall–Kier alpha value is -3.64. The van der Waals surface area contributed by atoms with Gasteiger partial charge in [-0.25, -0.2) is 10.2 Å². The van der Waals surface area contributed by atoms with Crippen molar-refractivity contribution in [3.8, 4) is 11.5 Å². The topological polar surface area (TPSA) is 77.0 Å². The van der Waals surface area contributed by atoms with E-state index < -0.39 is 5.97 Å². The van der Waals surface area contributed by atoms with E-state index in [1.165, 1.54) is 19.4 Å². The molecule has 0 radical (unpaired) electrons. The van der Waals surface area contributed by atoms with Crippen LogP contribution in [0.1, 0.15) is 31.8 Å². The van der Waals surface area contributed by atoms with Gasteiger partial charge in [-0.1, -0.05) is 23.7 Å². The van der Waals surface area contributed by atoms with Crippen LogP contribution in [0.5, 0.6) is 11.5 Å². The van der Waals surface area contributed by atoms with Crippen molar-refractivity contribution in [1.29, 1.82) is 0 Å². The number of carbonyl (C=O) groups excluding carboxylic acids is 2. The molecule has 0 aromatic heterocycles. The summed E-state index contributed by atoms with van der Waals surface area (Å²) >= 11 is 5.89. The first-order chi connectivity index (χ1) is 14.5. The summed E-state index contributed by atoms with van der Waals surface area (Å²) in [5.74, 6) is -0.0208. The molecule has 1 amide bonds. The Kier molecular flexibility index (Phi) is 6.83. The molecule has 1 N–H and O–H groups in total. The molecule has 0 unspecified atom stereocenters. The van der Waals surface area contributed by atoms with Crippen LogP contribution in [-0.2, 0) is 0 Å². The average Bonchev–Trinajstić information content (AvgIpc) is 2.74. The minimum absolute atomic E-state index is 0.363. The van der Waals surface area contributed by atoms with Crippen LogP contribution in [0.3, 0.4) is 0 Å². The van der Waals surface area contributed by atoms with Crippen LogP contribution >= 0.6 is 11.6 Å². The van der Waals surface area contributed by atoms with Crippen molar-refractivity contribution in [1.82, 2.24) is 5.43 Å². The number of hydrazone groups is 1. The summed E-state index contributed by atoms with van der Waals surface area (Å²) in [5, 5.41) is 4.42. The van der Waals surface area contributed by atoms with E-state index in [0.29, 0.717) is 33.2 Å². The van der Waals surface area contributed by atoms with Gasteiger partial charge in [0, 0.05) is 5.02 Å². The third kappa shape index (κ3) is 5.46. The third-order valence-electron chi connectivity index (χ3n) is 4.13. The molecule has 0 heterocycles. The van der Waals surface area contributed by atoms with Crippen LogP contribution in [0.15, 0.2) is 71.8 Å². The molecular formula is C23H19ClN2O4. The molecule has 3 aromatic rings. The Bertz CT molecular complexity index is 1090. The first-order valence-corrected chi connectivity index (χ1v) is 9.40. The molecule has 0 atom stereocenters. The fraction of sp³-hybridized carbons (Fsp3) is 0.0870. The largest absolute Gasteiger partial charge is 0.496 e. The number of hydrogen-bond donors (Lipinski definition) is 1. The summed E-state index contributed by atoms with van der Waals surface area (Å²) < 4.78 is 10.6. The number of nitrogens with one attached hydrogen (secondary N) is 1. The number of rotatable bonds is 6. The van der Waals surface area contributed by atoms with Crippen molar-refractivity contribution in [2.24, 2.45) is 5.10 Å². The number of aryl methyl sites for hydroxylation is 1. The standard InChI is InChI=1S/C23H19ClN2O4/c1-15-6-11-20(21(12-15)29-2)22(27)26-25-14-16-7-9-19(10-8-16)30-23(28)17-4-3-5-18(24)13-17/h3-14H,1-2H3,(H,26,27)/b25-14-. The van der Waals surface area contributed by atoms with Crippen molar-refractivity contribution in [3.63, 3.8) is 0 Å². The van der Waals surface area contributed by atoms with E-state index in [4.69, 9.17) is 21.1 Å². The fourth-order valence-electron chi connectivity index (χ4n) is 2.62. The molecule has 6 nitrogen and oxygen atoms in total. The Morgan fingerprint density at radius 3 is 2.50 bits per heavy atom. The van der Waals surface area contributed by atoms with E-state index in [0.717, 1.165) is 5.56 Å². The molecule has 0 aliphatic heterocycles. The van der Waals surface area contributed by atoms with Gasteiger partial charge >= 0.3 is 5.97 Å². The summed E-state index contributed by atoms with van der Waals surface area (Å²) in [5.41, 5.74) is 4.93. The van der Waals surface area contributed by atoms with Gasteiger partial charge in [0.1, 0.15) is 11.5 Å². The number of methoxy groups -OCH3 is 1. The van der Waals surface area contributed by atoms with Gasteiger partial charge < -0.3 is 9.47 Å². The second-order valence-corrected chi connectivity index (χ2v) is 6.81. The van der Waals surface area contributed by atoms with Crippen LogP contribution < -0.4 is 14.9 Å². The Morgan fingerprint density at radius 1 is 1.03 bits per heavy atom. The Labute approximate surface area is 179 Å². The molecule has 0 aliphatic rings. The zero-order chi connectivity index (χ0) is 21.5. The molecule has 0 aliphatic carbocycles. The monoisotopic (exact) mass is 422 g/mol. The second kappa shape index (κ2) is 9.71. The normalized spacial score (nSPS) is 10.6. The number of hydrogen-bond acceptors (Lipinski definition) is 5. The van der Waals surface area contributed by atoms with Crippen molar-refractivity contribution < 1.29 is 19.1 Å². The van der Waals surface area contributed by atoms with E-state index in [9.17, 15) is 9.59 Å². The van der Waals surface area contributed by atoms with Crippen LogP contribution in [0.25, 0.3) is 0 Å². The van der Waals surface area contributed by atoms with Crippen molar-refractivity contribution >= 4 is 29.7 Å². The number of ether oxygens (including phenoxy) is 2. The maximum atomic E-state index is 12.3. The highest BCUT2D eigenvalue weighted by Gasteiger charge is 2.11. The average molecular weight is 423 g/mol.